The number of nitrogens with two attached hydrogens (primary N) is 4. The van der Waals surface area contributed by atoms with Crippen molar-refractivity contribution in [2.24, 2.45) is 45.7 Å². The smallest absolute Gasteiger partial charge is 0.312 e. The summed E-state index contributed by atoms with van der Waals surface area (Å²) in [6, 6.07) is -13.0. The van der Waals surface area contributed by atoms with E-state index in [4.69, 9.17) is 22.9 Å². The molecule has 0 aliphatic carbocycles. The molecule has 0 aromatic heterocycles. The van der Waals surface area contributed by atoms with Crippen molar-refractivity contribution in [1.29, 1.82) is 0 Å². The predicted octanol–water partition coefficient (Wildman–Crippen LogP) is -6.12. The maximum atomic E-state index is 14.2. The molecule has 1 fully saturated rings. The average Bonchev–Trinajstić information content (AvgIpc) is 3.30. The lowest BCUT2D eigenvalue weighted by Crippen LogP contribution is -2.63. The Balaban J connectivity index is 3.99. The third-order valence-electron chi connectivity index (χ3n) is 11.6. The molecule has 0 aromatic carbocycles. The third kappa shape index (κ3) is 22.2. The van der Waals surface area contributed by atoms with Crippen LogP contribution in [0.25, 0.3) is 0 Å². The van der Waals surface area contributed by atoms with Gasteiger partial charge in [0.25, 0.3) is 0 Å². The quantitative estimate of drug-likeness (QED) is 0.0345. The van der Waals surface area contributed by atoms with E-state index in [1.54, 1.807) is 41.5 Å². The van der Waals surface area contributed by atoms with Gasteiger partial charge in [0, 0.05) is 19.5 Å². The molecule has 1 heterocycles. The topological polar surface area (TPSA) is 465 Å². The summed E-state index contributed by atoms with van der Waals surface area (Å²) in [5.41, 5.74) is 21.5. The number of rotatable bonds is 18. The molecule has 11 atom stereocenters. The van der Waals surface area contributed by atoms with E-state index < -0.39 is 163 Å². The number of urea groups is 1. The summed E-state index contributed by atoms with van der Waals surface area (Å²) in [4.78, 5) is 152. The van der Waals surface area contributed by atoms with Crippen LogP contribution >= 0.6 is 0 Å². The van der Waals surface area contributed by atoms with Crippen LogP contribution in [0.1, 0.15) is 99.8 Å². The highest BCUT2D eigenvalue weighted by atomic mass is 16.3. The minimum absolute atomic E-state index is 0.0220. The minimum atomic E-state index is -1.80. The van der Waals surface area contributed by atoms with Gasteiger partial charge in [0.05, 0.1) is 19.3 Å². The largest absolute Gasteiger partial charge is 0.394 e. The van der Waals surface area contributed by atoms with E-state index in [2.05, 4.69) is 58.2 Å². The molecule has 0 saturated carbocycles. The second kappa shape index (κ2) is 31.4. The SMILES string of the molecule is CC[C@H](C)[C@@H]1NC(=O)[C@H](CCCN=C(N)N)NC(=O)[C@H]([C@@H](C)CC)NC(=O)[C@H](C(C)C)NC(=O)[C@H](CO)NC(=O)CNC(=O)[C@H](CCCNC(N)=O)NC(=O)[C@H](CCC(N)=O)NC(=O)[C@H]([C@@H](C)O)NC1=O. The molecule has 28 heteroatoms. The summed E-state index contributed by atoms with van der Waals surface area (Å²) in [5.74, 6) is -11.7. The first-order valence-electron chi connectivity index (χ1n) is 23.6. The van der Waals surface area contributed by atoms with Gasteiger partial charge in [-0.05, 0) is 56.8 Å². The molecule has 402 valence electrons. The lowest BCUT2D eigenvalue weighted by Gasteiger charge is -2.31. The number of carbonyl (C=O) groups is 11. The molecule has 0 spiro atoms. The second-order valence-electron chi connectivity index (χ2n) is 17.8. The molecule has 0 bridgehead atoms. The number of primary amides is 2. The van der Waals surface area contributed by atoms with Crippen LogP contribution in [-0.4, -0.2) is 162 Å². The molecule has 1 aliphatic rings. The number of hydrogen-bond acceptors (Lipinski definition) is 14. The Morgan fingerprint density at radius 3 is 1.54 bits per heavy atom. The first-order chi connectivity index (χ1) is 33.3. The van der Waals surface area contributed by atoms with Crippen LogP contribution in [0.15, 0.2) is 4.99 Å². The van der Waals surface area contributed by atoms with Crippen LogP contribution in [0.2, 0.25) is 0 Å². The number of hydrogen-bond donors (Lipinski definition) is 16. The molecule has 1 rings (SSSR count). The van der Waals surface area contributed by atoms with Crippen molar-refractivity contribution >= 4 is 71.1 Å². The number of aliphatic imine (C=N–C) groups is 1. The Labute approximate surface area is 412 Å². The van der Waals surface area contributed by atoms with Crippen LogP contribution in [0.5, 0.6) is 0 Å². The molecule has 0 radical (unpaired) electrons. The van der Waals surface area contributed by atoms with Gasteiger partial charge in [-0.3, -0.25) is 52.9 Å². The number of amides is 12. The van der Waals surface area contributed by atoms with Gasteiger partial charge in [0.15, 0.2) is 5.96 Å². The van der Waals surface area contributed by atoms with Crippen LogP contribution < -0.4 is 76.1 Å². The van der Waals surface area contributed by atoms with E-state index in [-0.39, 0.29) is 51.2 Å². The predicted molar refractivity (Wildman–Crippen MR) is 256 cm³/mol. The van der Waals surface area contributed by atoms with Gasteiger partial charge >= 0.3 is 6.03 Å². The average molecular weight is 1010 g/mol. The van der Waals surface area contributed by atoms with Gasteiger partial charge in [0.1, 0.15) is 48.3 Å². The Kier molecular flexibility index (Phi) is 27.5. The maximum absolute atomic E-state index is 14.2. The van der Waals surface area contributed by atoms with Crippen LogP contribution in [0.3, 0.4) is 0 Å². The molecule has 0 unspecified atom stereocenters. The Morgan fingerprint density at radius 2 is 1.03 bits per heavy atom. The number of nitrogens with one attached hydrogen (secondary N) is 10. The van der Waals surface area contributed by atoms with Gasteiger partial charge in [-0.25, -0.2) is 4.79 Å². The zero-order chi connectivity index (χ0) is 54.1. The van der Waals surface area contributed by atoms with Crippen LogP contribution in [-0.2, 0) is 47.9 Å². The molecule has 71 heavy (non-hydrogen) atoms. The van der Waals surface area contributed by atoms with Crippen molar-refractivity contribution in [3.63, 3.8) is 0 Å². The Morgan fingerprint density at radius 1 is 0.592 bits per heavy atom. The number of nitrogens with zero attached hydrogens (tertiary/aromatic N) is 1. The van der Waals surface area contributed by atoms with E-state index in [9.17, 15) is 63.0 Å². The fraction of sp³-hybridized carbons (Fsp3) is 0.721. The lowest BCUT2D eigenvalue weighted by atomic mass is 9.95. The standard InChI is InChI=1S/C43H77N15O13/c1-8-21(5)31-39(68)53-25(13-10-16-48-42(45)46)36(65)56-32(22(6)9-2)40(69)58-33(23(7)60)41(70)54-26(14-15-28(44)61)35(64)52-24(12-11-17-49-43(47)71)34(63)50-18-29(62)51-27(19-59)37(66)55-30(20(3)4)38(67)57-31/h20-27,30-33,59-60H,8-19H2,1-7H3,(H2,44,61)(H,50,63)(H,51,62)(H,52,64)(H,53,68)(H,54,70)(H,55,66)(H,56,65)(H,57,67)(H,58,69)(H4,45,46,48)(H3,47,49,71)/t21-,22-,23+,24-,25-,26-,27-,30-,31-,32-,33-/m0/s1. The molecule has 1 saturated heterocycles. The summed E-state index contributed by atoms with van der Waals surface area (Å²) in [7, 11) is 0. The summed E-state index contributed by atoms with van der Waals surface area (Å²) in [5, 5.41) is 45.5. The van der Waals surface area contributed by atoms with Crippen molar-refractivity contribution in [2.45, 2.75) is 154 Å². The van der Waals surface area contributed by atoms with E-state index in [0.29, 0.717) is 6.42 Å². The van der Waals surface area contributed by atoms with Crippen LogP contribution in [0.4, 0.5) is 4.79 Å². The minimum Gasteiger partial charge on any atom is -0.394 e. The van der Waals surface area contributed by atoms with E-state index >= 15 is 0 Å². The number of aliphatic hydroxyl groups is 2. The second-order valence-corrected chi connectivity index (χ2v) is 17.8. The fourth-order valence-corrected chi connectivity index (χ4v) is 6.98. The van der Waals surface area contributed by atoms with Gasteiger partial charge in [-0.15, -0.1) is 0 Å². The van der Waals surface area contributed by atoms with Crippen LogP contribution in [0, 0.1) is 17.8 Å². The van der Waals surface area contributed by atoms with Crippen molar-refractivity contribution < 1.29 is 63.0 Å². The Bertz CT molecular complexity index is 1900. The van der Waals surface area contributed by atoms with Crippen molar-refractivity contribution in [3.8, 4) is 0 Å². The van der Waals surface area contributed by atoms with Crippen molar-refractivity contribution in [2.75, 3.05) is 26.2 Å². The van der Waals surface area contributed by atoms with Gasteiger partial charge < -0.3 is 86.3 Å². The number of guanidine groups is 1. The van der Waals surface area contributed by atoms with Gasteiger partial charge in [0.2, 0.25) is 59.1 Å². The van der Waals surface area contributed by atoms with E-state index in [0.717, 1.165) is 6.92 Å². The first-order valence-corrected chi connectivity index (χ1v) is 23.6. The summed E-state index contributed by atoms with van der Waals surface area (Å²) in [6.07, 6.45) is -2.09. The third-order valence-corrected chi connectivity index (χ3v) is 11.6. The highest BCUT2D eigenvalue weighted by Gasteiger charge is 2.38. The molecule has 20 N–H and O–H groups in total. The molecular formula is C43H77N15O13. The molecule has 0 aromatic rings. The van der Waals surface area contributed by atoms with Crippen molar-refractivity contribution in [1.82, 2.24) is 53.2 Å². The maximum Gasteiger partial charge on any atom is 0.312 e. The van der Waals surface area contributed by atoms with Gasteiger partial charge in [-0.1, -0.05) is 54.4 Å². The molecular weight excluding hydrogens is 935 g/mol. The fourth-order valence-electron chi connectivity index (χ4n) is 6.98. The Hall–Kier alpha value is -6.84. The van der Waals surface area contributed by atoms with Gasteiger partial charge in [-0.2, -0.15) is 0 Å². The monoisotopic (exact) mass is 1010 g/mol. The summed E-state index contributed by atoms with van der Waals surface area (Å²) in [6.45, 7) is 9.22. The van der Waals surface area contributed by atoms with E-state index in [1.165, 1.54) is 0 Å². The molecule has 1 aliphatic heterocycles. The van der Waals surface area contributed by atoms with E-state index in [1.807, 2.05) is 0 Å². The zero-order valence-corrected chi connectivity index (χ0v) is 41.6. The highest BCUT2D eigenvalue weighted by molar-refractivity contribution is 5.99. The first kappa shape index (κ1) is 62.2. The molecule has 12 amide bonds. The lowest BCUT2D eigenvalue weighted by molar-refractivity contribution is -0.138. The summed E-state index contributed by atoms with van der Waals surface area (Å²) >= 11 is 0. The highest BCUT2D eigenvalue weighted by Crippen LogP contribution is 2.14. The summed E-state index contributed by atoms with van der Waals surface area (Å²) < 4.78 is 0. The normalized spacial score (nSPS) is 25.4. The zero-order valence-electron chi connectivity index (χ0n) is 41.6. The molecule has 28 nitrogen and oxygen atoms in total. The number of aliphatic hydroxyl groups excluding tert-OH is 2. The number of carbonyl (C=O) groups excluding carboxylic acids is 11. The van der Waals surface area contributed by atoms with Crippen molar-refractivity contribution in [3.05, 3.63) is 0 Å².